The molecule has 0 atom stereocenters. The van der Waals surface area contributed by atoms with Gasteiger partial charge < -0.3 is 14.5 Å². The molecule has 20 heavy (non-hydrogen) atoms. The van der Waals surface area contributed by atoms with Gasteiger partial charge in [-0.1, -0.05) is 0 Å². The molecule has 0 spiro atoms. The summed E-state index contributed by atoms with van der Waals surface area (Å²) >= 11 is 0. The van der Waals surface area contributed by atoms with E-state index >= 15 is 0 Å². The Morgan fingerprint density at radius 1 is 0.900 bits per heavy atom. The van der Waals surface area contributed by atoms with Crippen LogP contribution in [0, 0.1) is 0 Å². The molecule has 2 aliphatic heterocycles. The monoisotopic (exact) mass is 283 g/mol. The lowest BCUT2D eigenvalue weighted by Crippen LogP contribution is -2.53. The molecule has 114 valence electrons. The highest BCUT2D eigenvalue weighted by Crippen LogP contribution is 2.13. The first-order chi connectivity index (χ1) is 9.70. The fraction of sp³-hybridized carbons (Fsp3) is 0.857. The number of urea groups is 1. The third-order valence-corrected chi connectivity index (χ3v) is 4.13. The van der Waals surface area contributed by atoms with E-state index in [-0.39, 0.29) is 12.0 Å². The Balaban J connectivity index is 1.70. The minimum atomic E-state index is -0.170. The maximum Gasteiger partial charge on any atom is 0.320 e. The van der Waals surface area contributed by atoms with E-state index in [9.17, 15) is 9.59 Å². The zero-order valence-corrected chi connectivity index (χ0v) is 12.3. The smallest absolute Gasteiger partial charge is 0.320 e. The molecule has 2 saturated heterocycles. The van der Waals surface area contributed by atoms with Crippen LogP contribution in [0.5, 0.6) is 0 Å². The zero-order valence-electron chi connectivity index (χ0n) is 12.3. The Morgan fingerprint density at radius 2 is 1.50 bits per heavy atom. The van der Waals surface area contributed by atoms with Crippen LogP contribution < -0.4 is 0 Å². The molecule has 0 bridgehead atoms. The van der Waals surface area contributed by atoms with Gasteiger partial charge in [0.1, 0.15) is 0 Å². The van der Waals surface area contributed by atoms with Crippen molar-refractivity contribution in [2.24, 2.45) is 0 Å². The average molecular weight is 283 g/mol. The summed E-state index contributed by atoms with van der Waals surface area (Å²) in [6.45, 7) is 5.74. The van der Waals surface area contributed by atoms with Crippen molar-refractivity contribution in [1.29, 1.82) is 0 Å². The number of carbonyl (C=O) groups excluding carboxylic acids is 2. The molecule has 0 aromatic heterocycles. The zero-order chi connectivity index (χ0) is 14.4. The van der Waals surface area contributed by atoms with Crippen molar-refractivity contribution in [1.82, 2.24) is 14.7 Å². The maximum atomic E-state index is 12.3. The van der Waals surface area contributed by atoms with E-state index in [1.165, 1.54) is 13.5 Å². The van der Waals surface area contributed by atoms with Gasteiger partial charge in [0, 0.05) is 45.8 Å². The van der Waals surface area contributed by atoms with Gasteiger partial charge in [0.2, 0.25) is 0 Å². The van der Waals surface area contributed by atoms with Crippen molar-refractivity contribution in [2.45, 2.75) is 25.7 Å². The highest BCUT2D eigenvalue weighted by atomic mass is 16.5. The van der Waals surface area contributed by atoms with E-state index in [0.29, 0.717) is 6.42 Å². The number of nitrogens with zero attached hydrogens (tertiary/aromatic N) is 3. The van der Waals surface area contributed by atoms with Gasteiger partial charge in [-0.05, 0) is 19.3 Å². The number of hydrogen-bond donors (Lipinski definition) is 0. The lowest BCUT2D eigenvalue weighted by atomic mass is 10.1. The number of esters is 1. The van der Waals surface area contributed by atoms with Gasteiger partial charge in [-0.3, -0.25) is 9.69 Å². The molecule has 2 aliphatic rings. The summed E-state index contributed by atoms with van der Waals surface area (Å²) < 4.78 is 4.64. The average Bonchev–Trinajstić information content (AvgIpc) is 2.53. The van der Waals surface area contributed by atoms with E-state index in [1.54, 1.807) is 0 Å². The SMILES string of the molecule is COC(=O)CCN1CCN(C(=O)N2CCCCC2)CC1. The van der Waals surface area contributed by atoms with E-state index in [0.717, 1.165) is 58.7 Å². The van der Waals surface area contributed by atoms with Crippen LogP contribution in [-0.2, 0) is 9.53 Å². The molecule has 0 N–H and O–H groups in total. The Morgan fingerprint density at radius 3 is 2.10 bits per heavy atom. The van der Waals surface area contributed by atoms with Gasteiger partial charge in [-0.25, -0.2) is 4.79 Å². The van der Waals surface area contributed by atoms with Crippen LogP contribution in [0.1, 0.15) is 25.7 Å². The van der Waals surface area contributed by atoms with E-state index in [1.807, 2.05) is 9.80 Å². The number of hydrogen-bond acceptors (Lipinski definition) is 4. The fourth-order valence-corrected chi connectivity index (χ4v) is 2.80. The molecule has 2 amide bonds. The predicted octanol–water partition coefficient (Wildman–Crippen LogP) is 0.773. The van der Waals surface area contributed by atoms with Crippen LogP contribution >= 0.6 is 0 Å². The number of amides is 2. The molecule has 0 aromatic rings. The molecular weight excluding hydrogens is 258 g/mol. The van der Waals surface area contributed by atoms with Gasteiger partial charge in [-0.15, -0.1) is 0 Å². The van der Waals surface area contributed by atoms with Crippen molar-refractivity contribution in [2.75, 3.05) is 52.9 Å². The summed E-state index contributed by atoms with van der Waals surface area (Å²) in [5, 5.41) is 0. The Bertz CT molecular complexity index is 335. The molecule has 2 fully saturated rings. The summed E-state index contributed by atoms with van der Waals surface area (Å²) in [5.74, 6) is -0.170. The quantitative estimate of drug-likeness (QED) is 0.718. The lowest BCUT2D eigenvalue weighted by molar-refractivity contribution is -0.141. The van der Waals surface area contributed by atoms with Crippen molar-refractivity contribution >= 4 is 12.0 Å². The third-order valence-electron chi connectivity index (χ3n) is 4.13. The molecule has 2 rings (SSSR count). The second-order valence-electron chi connectivity index (χ2n) is 5.49. The van der Waals surface area contributed by atoms with Crippen LogP contribution in [0.2, 0.25) is 0 Å². The van der Waals surface area contributed by atoms with Crippen molar-refractivity contribution in [3.63, 3.8) is 0 Å². The van der Waals surface area contributed by atoms with Gasteiger partial charge in [-0.2, -0.15) is 0 Å². The fourth-order valence-electron chi connectivity index (χ4n) is 2.80. The van der Waals surface area contributed by atoms with E-state index < -0.39 is 0 Å². The summed E-state index contributed by atoms with van der Waals surface area (Å²) in [4.78, 5) is 29.6. The first-order valence-corrected chi connectivity index (χ1v) is 7.53. The van der Waals surface area contributed by atoms with Crippen LogP contribution in [0.4, 0.5) is 4.79 Å². The number of piperidine rings is 1. The molecule has 0 saturated carbocycles. The van der Waals surface area contributed by atoms with Crippen LogP contribution in [0.15, 0.2) is 0 Å². The first kappa shape index (κ1) is 15.1. The number of carbonyl (C=O) groups is 2. The van der Waals surface area contributed by atoms with Crippen LogP contribution in [0.25, 0.3) is 0 Å². The molecule has 6 heteroatoms. The highest BCUT2D eigenvalue weighted by molar-refractivity contribution is 5.74. The molecular formula is C14H25N3O3. The van der Waals surface area contributed by atoms with E-state index in [4.69, 9.17) is 0 Å². The minimum Gasteiger partial charge on any atom is -0.469 e. The van der Waals surface area contributed by atoms with Crippen LogP contribution in [0.3, 0.4) is 0 Å². The molecule has 0 radical (unpaired) electrons. The van der Waals surface area contributed by atoms with Gasteiger partial charge in [0.15, 0.2) is 0 Å². The van der Waals surface area contributed by atoms with Crippen molar-refractivity contribution in [3.8, 4) is 0 Å². The number of ether oxygens (including phenoxy) is 1. The third kappa shape index (κ3) is 4.10. The second-order valence-corrected chi connectivity index (χ2v) is 5.49. The predicted molar refractivity (Wildman–Crippen MR) is 75.5 cm³/mol. The Kier molecular flexibility index (Phi) is 5.64. The second kappa shape index (κ2) is 7.47. The number of likely N-dealkylation sites (tertiary alicyclic amines) is 1. The standard InChI is InChI=1S/C14H25N3O3/c1-20-13(18)5-8-15-9-11-17(12-10-15)14(19)16-6-3-2-4-7-16/h2-12H2,1H3. The van der Waals surface area contributed by atoms with Gasteiger partial charge in [0.05, 0.1) is 13.5 Å². The summed E-state index contributed by atoms with van der Waals surface area (Å²) in [7, 11) is 1.41. The molecule has 2 heterocycles. The molecule has 0 aromatic carbocycles. The largest absolute Gasteiger partial charge is 0.469 e. The maximum absolute atomic E-state index is 12.3. The first-order valence-electron chi connectivity index (χ1n) is 7.53. The van der Waals surface area contributed by atoms with Crippen LogP contribution in [-0.4, -0.2) is 79.6 Å². The van der Waals surface area contributed by atoms with Gasteiger partial charge in [0.25, 0.3) is 0 Å². The minimum absolute atomic E-state index is 0.170. The van der Waals surface area contributed by atoms with Crippen molar-refractivity contribution < 1.29 is 14.3 Å². The van der Waals surface area contributed by atoms with E-state index in [2.05, 4.69) is 9.64 Å². The molecule has 0 aliphatic carbocycles. The highest BCUT2D eigenvalue weighted by Gasteiger charge is 2.26. The summed E-state index contributed by atoms with van der Waals surface area (Å²) in [6.07, 6.45) is 3.93. The topological polar surface area (TPSA) is 53.1 Å². The number of methoxy groups -OCH3 is 1. The lowest BCUT2D eigenvalue weighted by Gasteiger charge is -2.38. The normalized spacial score (nSPS) is 20.9. The summed E-state index contributed by atoms with van der Waals surface area (Å²) in [5.41, 5.74) is 0. The summed E-state index contributed by atoms with van der Waals surface area (Å²) in [6, 6.07) is 0.192. The number of piperazine rings is 1. The Hall–Kier alpha value is -1.30. The van der Waals surface area contributed by atoms with Gasteiger partial charge >= 0.3 is 12.0 Å². The molecule has 6 nitrogen and oxygen atoms in total. The molecule has 0 unspecified atom stereocenters. The van der Waals surface area contributed by atoms with Crippen molar-refractivity contribution in [3.05, 3.63) is 0 Å². The number of rotatable bonds is 3. The Labute approximate surface area is 120 Å².